The molecule has 18 heavy (non-hydrogen) atoms. The molecule has 0 heterocycles. The van der Waals surface area contributed by atoms with Crippen LogP contribution >= 0.6 is 0 Å². The number of rotatable bonds is 7. The van der Waals surface area contributed by atoms with Crippen molar-refractivity contribution in [1.29, 1.82) is 0 Å². The van der Waals surface area contributed by atoms with E-state index in [2.05, 4.69) is 5.32 Å². The van der Waals surface area contributed by atoms with E-state index in [1.54, 1.807) is 0 Å². The number of amides is 1. The molecule has 0 bridgehead atoms. The van der Waals surface area contributed by atoms with E-state index in [-0.39, 0.29) is 11.4 Å². The second-order valence-electron chi connectivity index (χ2n) is 4.92. The van der Waals surface area contributed by atoms with E-state index in [9.17, 15) is 4.79 Å². The first-order valence-electron chi connectivity index (χ1n) is 6.16. The van der Waals surface area contributed by atoms with Crippen molar-refractivity contribution in [2.24, 2.45) is 5.73 Å². The van der Waals surface area contributed by atoms with Crippen molar-refractivity contribution in [3.05, 3.63) is 35.9 Å². The summed E-state index contributed by atoms with van der Waals surface area (Å²) in [5.41, 5.74) is 6.30. The van der Waals surface area contributed by atoms with Crippen LogP contribution in [0.1, 0.15) is 25.8 Å². The average Bonchev–Trinajstić information content (AvgIpc) is 2.35. The van der Waals surface area contributed by atoms with Crippen LogP contribution in [0.4, 0.5) is 0 Å². The fourth-order valence-electron chi connectivity index (χ4n) is 1.42. The van der Waals surface area contributed by atoms with Gasteiger partial charge in [-0.05, 0) is 19.4 Å². The van der Waals surface area contributed by atoms with Gasteiger partial charge in [0, 0.05) is 18.5 Å². The molecule has 3 N–H and O–H groups in total. The molecule has 4 heteroatoms. The average molecular weight is 250 g/mol. The van der Waals surface area contributed by atoms with Gasteiger partial charge in [-0.1, -0.05) is 30.3 Å². The molecule has 0 fully saturated rings. The first-order chi connectivity index (χ1) is 8.53. The normalized spacial score (nSPS) is 11.3. The Hall–Kier alpha value is -1.39. The molecule has 0 spiro atoms. The van der Waals surface area contributed by atoms with Gasteiger partial charge in [0.2, 0.25) is 5.91 Å². The molecule has 0 saturated carbocycles. The quantitative estimate of drug-likeness (QED) is 0.720. The Kier molecular flexibility index (Phi) is 5.82. The molecular formula is C14H22N2O2. The topological polar surface area (TPSA) is 64.3 Å². The summed E-state index contributed by atoms with van der Waals surface area (Å²) in [5.74, 6) is -0.0292. The number of ether oxygens (including phenoxy) is 1. The molecule has 0 unspecified atom stereocenters. The molecule has 1 rings (SSSR count). The van der Waals surface area contributed by atoms with Crippen molar-refractivity contribution < 1.29 is 9.53 Å². The molecule has 1 amide bonds. The Morgan fingerprint density at radius 2 is 2.00 bits per heavy atom. The minimum atomic E-state index is -0.351. The van der Waals surface area contributed by atoms with E-state index < -0.39 is 0 Å². The van der Waals surface area contributed by atoms with Crippen molar-refractivity contribution in [3.63, 3.8) is 0 Å². The van der Waals surface area contributed by atoms with E-state index in [4.69, 9.17) is 10.5 Å². The Bertz CT molecular complexity index is 363. The van der Waals surface area contributed by atoms with Crippen LogP contribution in [0, 0.1) is 0 Å². The maximum atomic E-state index is 11.6. The minimum absolute atomic E-state index is 0.0292. The number of nitrogens with one attached hydrogen (secondary N) is 1. The number of hydrogen-bond acceptors (Lipinski definition) is 3. The summed E-state index contributed by atoms with van der Waals surface area (Å²) in [5, 5.41) is 2.86. The lowest BCUT2D eigenvalue weighted by Crippen LogP contribution is -2.49. The van der Waals surface area contributed by atoms with Gasteiger partial charge in [-0.3, -0.25) is 4.79 Å². The molecule has 1 aromatic rings. The van der Waals surface area contributed by atoms with Gasteiger partial charge in [0.1, 0.15) is 0 Å². The number of hydrogen-bond donors (Lipinski definition) is 2. The van der Waals surface area contributed by atoms with Crippen LogP contribution < -0.4 is 11.1 Å². The Morgan fingerprint density at radius 1 is 1.33 bits per heavy atom. The lowest BCUT2D eigenvalue weighted by Gasteiger charge is -2.24. The zero-order valence-electron chi connectivity index (χ0n) is 11.1. The van der Waals surface area contributed by atoms with E-state index in [1.165, 1.54) is 0 Å². The van der Waals surface area contributed by atoms with E-state index in [1.807, 2.05) is 44.2 Å². The van der Waals surface area contributed by atoms with Crippen molar-refractivity contribution in [1.82, 2.24) is 5.32 Å². The van der Waals surface area contributed by atoms with Crippen LogP contribution in [0.2, 0.25) is 0 Å². The van der Waals surface area contributed by atoms with Crippen molar-refractivity contribution in [2.75, 3.05) is 13.2 Å². The van der Waals surface area contributed by atoms with E-state index in [0.29, 0.717) is 26.2 Å². The van der Waals surface area contributed by atoms with Crippen LogP contribution in [-0.4, -0.2) is 24.6 Å². The molecule has 0 atom stereocenters. The standard InChI is InChI=1S/C14H22N2O2/c1-14(2,11-15)16-13(17)8-9-18-10-12-6-4-3-5-7-12/h3-7H,8-11,15H2,1-2H3,(H,16,17). The van der Waals surface area contributed by atoms with Gasteiger partial charge >= 0.3 is 0 Å². The fraction of sp³-hybridized carbons (Fsp3) is 0.500. The van der Waals surface area contributed by atoms with Crippen molar-refractivity contribution >= 4 is 5.91 Å². The second kappa shape index (κ2) is 7.13. The SMILES string of the molecule is CC(C)(CN)NC(=O)CCOCc1ccccc1. The van der Waals surface area contributed by atoms with Crippen molar-refractivity contribution in [3.8, 4) is 0 Å². The molecule has 0 aliphatic carbocycles. The molecule has 4 nitrogen and oxygen atoms in total. The summed E-state index contributed by atoms with van der Waals surface area (Å²) in [6.45, 7) is 5.17. The highest BCUT2D eigenvalue weighted by Gasteiger charge is 2.17. The Balaban J connectivity index is 2.17. The maximum absolute atomic E-state index is 11.6. The van der Waals surface area contributed by atoms with E-state index in [0.717, 1.165) is 5.56 Å². The first-order valence-corrected chi connectivity index (χ1v) is 6.16. The van der Waals surface area contributed by atoms with Crippen LogP contribution in [-0.2, 0) is 16.1 Å². The van der Waals surface area contributed by atoms with Gasteiger partial charge in [0.05, 0.1) is 13.2 Å². The van der Waals surface area contributed by atoms with Crippen LogP contribution in [0.25, 0.3) is 0 Å². The zero-order valence-corrected chi connectivity index (χ0v) is 11.1. The highest BCUT2D eigenvalue weighted by atomic mass is 16.5. The maximum Gasteiger partial charge on any atom is 0.222 e. The summed E-state index contributed by atoms with van der Waals surface area (Å²) in [7, 11) is 0. The molecule has 100 valence electrons. The summed E-state index contributed by atoms with van der Waals surface area (Å²) in [6, 6.07) is 9.89. The van der Waals surface area contributed by atoms with Crippen LogP contribution in [0.3, 0.4) is 0 Å². The molecule has 0 aromatic heterocycles. The number of carbonyl (C=O) groups excluding carboxylic acids is 1. The van der Waals surface area contributed by atoms with Gasteiger partial charge in [-0.15, -0.1) is 0 Å². The minimum Gasteiger partial charge on any atom is -0.376 e. The molecule has 0 radical (unpaired) electrons. The molecular weight excluding hydrogens is 228 g/mol. The Morgan fingerprint density at radius 3 is 2.61 bits per heavy atom. The number of carbonyl (C=O) groups is 1. The van der Waals surface area contributed by atoms with Gasteiger partial charge < -0.3 is 15.8 Å². The fourth-order valence-corrected chi connectivity index (χ4v) is 1.42. The summed E-state index contributed by atoms with van der Waals surface area (Å²) < 4.78 is 5.45. The molecule has 0 saturated heterocycles. The number of benzene rings is 1. The predicted molar refractivity (Wildman–Crippen MR) is 72.0 cm³/mol. The summed E-state index contributed by atoms with van der Waals surface area (Å²) in [6.07, 6.45) is 0.357. The summed E-state index contributed by atoms with van der Waals surface area (Å²) in [4.78, 5) is 11.6. The van der Waals surface area contributed by atoms with Gasteiger partial charge in [0.25, 0.3) is 0 Å². The highest BCUT2D eigenvalue weighted by molar-refractivity contribution is 5.76. The van der Waals surface area contributed by atoms with Gasteiger partial charge in [0.15, 0.2) is 0 Å². The smallest absolute Gasteiger partial charge is 0.222 e. The van der Waals surface area contributed by atoms with Gasteiger partial charge in [-0.25, -0.2) is 0 Å². The predicted octanol–water partition coefficient (Wildman–Crippen LogP) is 1.45. The lowest BCUT2D eigenvalue weighted by molar-refractivity contribution is -0.123. The lowest BCUT2D eigenvalue weighted by atomic mass is 10.1. The Labute approximate surface area is 109 Å². The largest absolute Gasteiger partial charge is 0.376 e. The molecule has 1 aromatic carbocycles. The number of nitrogens with two attached hydrogens (primary N) is 1. The van der Waals surface area contributed by atoms with Gasteiger partial charge in [-0.2, -0.15) is 0 Å². The third kappa shape index (κ3) is 5.80. The molecule has 0 aliphatic rings. The first kappa shape index (κ1) is 14.7. The third-order valence-corrected chi connectivity index (χ3v) is 2.57. The van der Waals surface area contributed by atoms with E-state index >= 15 is 0 Å². The zero-order chi connectivity index (χ0) is 13.4. The monoisotopic (exact) mass is 250 g/mol. The summed E-state index contributed by atoms with van der Waals surface area (Å²) >= 11 is 0. The van der Waals surface area contributed by atoms with Crippen LogP contribution in [0.15, 0.2) is 30.3 Å². The highest BCUT2D eigenvalue weighted by Crippen LogP contribution is 2.02. The van der Waals surface area contributed by atoms with Crippen molar-refractivity contribution in [2.45, 2.75) is 32.4 Å². The molecule has 0 aliphatic heterocycles. The third-order valence-electron chi connectivity index (χ3n) is 2.57. The van der Waals surface area contributed by atoms with Crippen LogP contribution in [0.5, 0.6) is 0 Å². The second-order valence-corrected chi connectivity index (χ2v) is 4.92.